The summed E-state index contributed by atoms with van der Waals surface area (Å²) in [5.41, 5.74) is 1.04. The number of aryl methyl sites for hydroxylation is 1. The topological polar surface area (TPSA) is 45.8 Å². The molecule has 3 nitrogen and oxygen atoms in total. The third-order valence-electron chi connectivity index (χ3n) is 2.01. The van der Waals surface area contributed by atoms with Crippen molar-refractivity contribution in [2.45, 2.75) is 40.5 Å². The molecule has 0 fully saturated rings. The number of hydrogen-bond acceptors (Lipinski definition) is 2. The van der Waals surface area contributed by atoms with Crippen LogP contribution in [0.2, 0.25) is 0 Å². The molecule has 0 radical (unpaired) electrons. The van der Waals surface area contributed by atoms with Crippen LogP contribution in [0.4, 0.5) is 0 Å². The third kappa shape index (κ3) is 3.59. The van der Waals surface area contributed by atoms with Gasteiger partial charge in [0.25, 0.3) is 5.56 Å². The SMILES string of the molecule is CCc1nc(CC(C)(C)C)[nH]c(=O)c1I. The van der Waals surface area contributed by atoms with E-state index in [2.05, 4.69) is 53.3 Å². The molecule has 0 aromatic carbocycles. The second kappa shape index (κ2) is 4.63. The summed E-state index contributed by atoms with van der Waals surface area (Å²) in [5.74, 6) is 0.796. The summed E-state index contributed by atoms with van der Waals surface area (Å²) in [6.45, 7) is 8.43. The van der Waals surface area contributed by atoms with E-state index in [1.165, 1.54) is 0 Å². The normalized spacial score (nSPS) is 11.8. The predicted molar refractivity (Wildman–Crippen MR) is 70.1 cm³/mol. The van der Waals surface area contributed by atoms with Crippen LogP contribution in [0.15, 0.2) is 4.79 Å². The second-order valence-electron chi connectivity index (χ2n) is 4.86. The Hall–Kier alpha value is -0.390. The minimum Gasteiger partial charge on any atom is -0.310 e. The first kappa shape index (κ1) is 12.7. The van der Waals surface area contributed by atoms with Crippen LogP contribution < -0.4 is 5.56 Å². The number of aromatic nitrogens is 2. The molecule has 1 heterocycles. The van der Waals surface area contributed by atoms with E-state index in [9.17, 15) is 4.79 Å². The molecule has 1 aromatic heterocycles. The summed E-state index contributed by atoms with van der Waals surface area (Å²) in [6.07, 6.45) is 1.60. The lowest BCUT2D eigenvalue weighted by Crippen LogP contribution is -2.21. The average Bonchev–Trinajstić information content (AvgIpc) is 2.08. The lowest BCUT2D eigenvalue weighted by Gasteiger charge is -2.17. The number of rotatable bonds is 2. The third-order valence-corrected chi connectivity index (χ3v) is 3.13. The molecule has 4 heteroatoms. The Morgan fingerprint density at radius 3 is 2.47 bits per heavy atom. The summed E-state index contributed by atoms with van der Waals surface area (Å²) < 4.78 is 0.716. The molecule has 0 atom stereocenters. The minimum absolute atomic E-state index is 0.0123. The standard InChI is InChI=1S/C11H17IN2O/c1-5-7-9(12)10(15)14-8(13-7)6-11(2,3)4/h5-6H2,1-4H3,(H,13,14,15). The monoisotopic (exact) mass is 320 g/mol. The molecule has 84 valence electrons. The van der Waals surface area contributed by atoms with Gasteiger partial charge in [0.15, 0.2) is 0 Å². The molecular weight excluding hydrogens is 303 g/mol. The van der Waals surface area contributed by atoms with E-state index in [0.717, 1.165) is 24.4 Å². The Bertz CT molecular complexity index is 404. The fourth-order valence-electron chi connectivity index (χ4n) is 1.38. The zero-order valence-electron chi connectivity index (χ0n) is 9.65. The maximum absolute atomic E-state index is 11.6. The fourth-order valence-corrected chi connectivity index (χ4v) is 2.01. The molecule has 0 saturated heterocycles. The molecular formula is C11H17IN2O. The highest BCUT2D eigenvalue weighted by atomic mass is 127. The first-order valence-electron chi connectivity index (χ1n) is 5.11. The van der Waals surface area contributed by atoms with Gasteiger partial charge in [-0.2, -0.15) is 0 Å². The van der Waals surface area contributed by atoms with Crippen LogP contribution in [0.5, 0.6) is 0 Å². The van der Waals surface area contributed by atoms with Crippen LogP contribution in [0.25, 0.3) is 0 Å². The number of nitrogens with one attached hydrogen (secondary N) is 1. The van der Waals surface area contributed by atoms with Crippen molar-refractivity contribution in [2.75, 3.05) is 0 Å². The van der Waals surface area contributed by atoms with E-state index in [4.69, 9.17) is 0 Å². The van der Waals surface area contributed by atoms with Gasteiger partial charge in [-0.25, -0.2) is 4.98 Å². The molecule has 1 rings (SSSR count). The van der Waals surface area contributed by atoms with Gasteiger partial charge < -0.3 is 4.98 Å². The van der Waals surface area contributed by atoms with Crippen molar-refractivity contribution in [1.29, 1.82) is 0 Å². The number of hydrogen-bond donors (Lipinski definition) is 1. The molecule has 0 aliphatic rings. The lowest BCUT2D eigenvalue weighted by molar-refractivity contribution is 0.399. The van der Waals surface area contributed by atoms with Crippen LogP contribution in [0, 0.1) is 8.99 Å². The summed E-state index contributed by atoms with van der Waals surface area (Å²) in [6, 6.07) is 0. The van der Waals surface area contributed by atoms with E-state index in [1.807, 2.05) is 6.92 Å². The first-order chi connectivity index (χ1) is 6.83. The molecule has 1 aromatic rings. The van der Waals surface area contributed by atoms with Crippen molar-refractivity contribution in [2.24, 2.45) is 5.41 Å². The summed E-state index contributed by atoms with van der Waals surface area (Å²) in [7, 11) is 0. The predicted octanol–water partition coefficient (Wildman–Crippen LogP) is 2.53. The maximum atomic E-state index is 11.6. The largest absolute Gasteiger partial charge is 0.310 e. The number of nitrogens with zero attached hydrogens (tertiary/aromatic N) is 1. The van der Waals surface area contributed by atoms with E-state index >= 15 is 0 Å². The molecule has 0 aliphatic heterocycles. The Balaban J connectivity index is 3.12. The molecule has 0 bridgehead atoms. The zero-order chi connectivity index (χ0) is 11.6. The van der Waals surface area contributed by atoms with Gasteiger partial charge in [-0.1, -0.05) is 27.7 Å². The van der Waals surface area contributed by atoms with Gasteiger partial charge in [0.05, 0.1) is 9.26 Å². The van der Waals surface area contributed by atoms with Crippen molar-refractivity contribution in [3.8, 4) is 0 Å². The lowest BCUT2D eigenvalue weighted by atomic mass is 9.92. The molecule has 15 heavy (non-hydrogen) atoms. The summed E-state index contributed by atoms with van der Waals surface area (Å²) >= 11 is 2.05. The molecule has 0 aliphatic carbocycles. The van der Waals surface area contributed by atoms with Gasteiger partial charge in [-0.15, -0.1) is 0 Å². The Labute approximate surface area is 104 Å². The highest BCUT2D eigenvalue weighted by Crippen LogP contribution is 2.18. The van der Waals surface area contributed by atoms with E-state index < -0.39 is 0 Å². The van der Waals surface area contributed by atoms with Crippen LogP contribution in [0.1, 0.15) is 39.2 Å². The smallest absolute Gasteiger partial charge is 0.264 e. The van der Waals surface area contributed by atoms with Crippen molar-refractivity contribution in [3.05, 3.63) is 25.4 Å². The number of aromatic amines is 1. The highest BCUT2D eigenvalue weighted by molar-refractivity contribution is 14.1. The van der Waals surface area contributed by atoms with E-state index in [0.29, 0.717) is 3.57 Å². The van der Waals surface area contributed by atoms with Crippen molar-refractivity contribution < 1.29 is 0 Å². The van der Waals surface area contributed by atoms with Gasteiger partial charge in [-0.3, -0.25) is 4.79 Å². The minimum atomic E-state index is -0.0123. The van der Waals surface area contributed by atoms with Gasteiger partial charge in [0.2, 0.25) is 0 Å². The summed E-state index contributed by atoms with van der Waals surface area (Å²) in [5, 5.41) is 0. The molecule has 0 amide bonds. The van der Waals surface area contributed by atoms with Crippen LogP contribution in [0.3, 0.4) is 0 Å². The van der Waals surface area contributed by atoms with Crippen molar-refractivity contribution in [1.82, 2.24) is 9.97 Å². The average molecular weight is 320 g/mol. The molecule has 0 unspecified atom stereocenters. The Morgan fingerprint density at radius 2 is 2.00 bits per heavy atom. The van der Waals surface area contributed by atoms with Gasteiger partial charge in [0, 0.05) is 6.42 Å². The van der Waals surface area contributed by atoms with Crippen LogP contribution in [-0.2, 0) is 12.8 Å². The zero-order valence-corrected chi connectivity index (χ0v) is 11.8. The molecule has 1 N–H and O–H groups in total. The van der Waals surface area contributed by atoms with E-state index in [-0.39, 0.29) is 11.0 Å². The Morgan fingerprint density at radius 1 is 1.40 bits per heavy atom. The fraction of sp³-hybridized carbons (Fsp3) is 0.636. The van der Waals surface area contributed by atoms with Gasteiger partial charge in [-0.05, 0) is 34.4 Å². The van der Waals surface area contributed by atoms with Gasteiger partial charge >= 0.3 is 0 Å². The highest BCUT2D eigenvalue weighted by Gasteiger charge is 2.15. The van der Waals surface area contributed by atoms with Crippen molar-refractivity contribution >= 4 is 22.6 Å². The van der Waals surface area contributed by atoms with Crippen LogP contribution in [-0.4, -0.2) is 9.97 Å². The summed E-state index contributed by atoms with van der Waals surface area (Å²) in [4.78, 5) is 18.9. The second-order valence-corrected chi connectivity index (χ2v) is 5.94. The maximum Gasteiger partial charge on any atom is 0.264 e. The Kier molecular flexibility index (Phi) is 3.92. The van der Waals surface area contributed by atoms with Crippen molar-refractivity contribution in [3.63, 3.8) is 0 Å². The van der Waals surface area contributed by atoms with E-state index in [1.54, 1.807) is 0 Å². The number of H-pyrrole nitrogens is 1. The molecule has 0 spiro atoms. The number of halogens is 1. The van der Waals surface area contributed by atoms with Gasteiger partial charge in [0.1, 0.15) is 5.82 Å². The van der Waals surface area contributed by atoms with Crippen LogP contribution >= 0.6 is 22.6 Å². The molecule has 0 saturated carbocycles. The quantitative estimate of drug-likeness (QED) is 0.851. The first-order valence-corrected chi connectivity index (χ1v) is 6.19.